The minimum Gasteiger partial charge on any atom is -0.349 e. The second-order valence-corrected chi connectivity index (χ2v) is 6.55. The Morgan fingerprint density at radius 1 is 1.29 bits per heavy atom. The van der Waals surface area contributed by atoms with Gasteiger partial charge in [0.2, 0.25) is 5.56 Å². The SMILES string of the molecule is Cn1cc(C(=O)NC2C3CCCC2CC(N)C3)ccc1=O. The summed E-state index contributed by atoms with van der Waals surface area (Å²) in [5, 5.41) is 3.19. The second-order valence-electron chi connectivity index (χ2n) is 6.55. The molecule has 21 heavy (non-hydrogen) atoms. The highest BCUT2D eigenvalue weighted by atomic mass is 16.2. The summed E-state index contributed by atoms with van der Waals surface area (Å²) in [7, 11) is 1.66. The van der Waals surface area contributed by atoms with Crippen molar-refractivity contribution < 1.29 is 4.79 Å². The topological polar surface area (TPSA) is 77.1 Å². The van der Waals surface area contributed by atoms with E-state index in [1.165, 1.54) is 17.1 Å². The molecule has 2 aliphatic carbocycles. The molecule has 114 valence electrons. The molecule has 1 aromatic rings. The van der Waals surface area contributed by atoms with Gasteiger partial charge in [0.25, 0.3) is 5.91 Å². The Labute approximate surface area is 124 Å². The molecule has 1 amide bonds. The highest BCUT2D eigenvalue weighted by Crippen LogP contribution is 2.39. The van der Waals surface area contributed by atoms with E-state index in [0.29, 0.717) is 17.4 Å². The molecule has 3 N–H and O–H groups in total. The minimum absolute atomic E-state index is 0.0806. The van der Waals surface area contributed by atoms with Gasteiger partial charge in [-0.1, -0.05) is 6.42 Å². The molecule has 0 aromatic carbocycles. The number of hydrogen-bond donors (Lipinski definition) is 2. The molecular weight excluding hydrogens is 266 g/mol. The number of rotatable bonds is 2. The monoisotopic (exact) mass is 289 g/mol. The summed E-state index contributed by atoms with van der Waals surface area (Å²) in [5.74, 6) is 0.927. The van der Waals surface area contributed by atoms with Gasteiger partial charge in [-0.3, -0.25) is 9.59 Å². The van der Waals surface area contributed by atoms with Gasteiger partial charge >= 0.3 is 0 Å². The molecule has 2 saturated carbocycles. The smallest absolute Gasteiger partial charge is 0.253 e. The predicted molar refractivity (Wildman–Crippen MR) is 81.0 cm³/mol. The summed E-state index contributed by atoms with van der Waals surface area (Å²) < 4.78 is 1.44. The molecule has 1 aromatic heterocycles. The zero-order valence-corrected chi connectivity index (χ0v) is 12.4. The maximum absolute atomic E-state index is 12.4. The molecule has 2 bridgehead atoms. The van der Waals surface area contributed by atoms with Gasteiger partial charge in [0.05, 0.1) is 5.56 Å². The summed E-state index contributed by atoms with van der Waals surface area (Å²) in [4.78, 5) is 23.8. The molecule has 0 aliphatic heterocycles. The maximum atomic E-state index is 12.4. The summed E-state index contributed by atoms with van der Waals surface area (Å²) in [6.45, 7) is 0. The van der Waals surface area contributed by atoms with Crippen molar-refractivity contribution in [2.24, 2.45) is 24.6 Å². The Morgan fingerprint density at radius 3 is 2.57 bits per heavy atom. The Balaban J connectivity index is 1.74. The lowest BCUT2D eigenvalue weighted by Crippen LogP contribution is -2.53. The largest absolute Gasteiger partial charge is 0.349 e. The molecule has 5 nitrogen and oxygen atoms in total. The zero-order chi connectivity index (χ0) is 15.0. The molecule has 0 radical (unpaired) electrons. The summed E-state index contributed by atoms with van der Waals surface area (Å²) in [5.41, 5.74) is 6.56. The van der Waals surface area contributed by atoms with Crippen LogP contribution >= 0.6 is 0 Å². The van der Waals surface area contributed by atoms with Crippen molar-refractivity contribution in [1.29, 1.82) is 0 Å². The summed E-state index contributed by atoms with van der Waals surface area (Å²) >= 11 is 0. The van der Waals surface area contributed by atoms with E-state index in [1.807, 2.05) is 0 Å². The van der Waals surface area contributed by atoms with Crippen LogP contribution in [0.2, 0.25) is 0 Å². The maximum Gasteiger partial charge on any atom is 0.253 e. The van der Waals surface area contributed by atoms with Crippen molar-refractivity contribution in [2.45, 2.75) is 44.2 Å². The van der Waals surface area contributed by atoms with Crippen molar-refractivity contribution in [3.05, 3.63) is 34.2 Å². The third-order valence-electron chi connectivity index (χ3n) is 5.02. The average molecular weight is 289 g/mol. The number of carbonyl (C=O) groups excluding carboxylic acids is 1. The van der Waals surface area contributed by atoms with Gasteiger partial charge in [0.15, 0.2) is 0 Å². The first kappa shape index (κ1) is 14.3. The lowest BCUT2D eigenvalue weighted by atomic mass is 9.67. The fraction of sp³-hybridized carbons (Fsp3) is 0.625. The number of fused-ring (bicyclic) bond motifs is 2. The Morgan fingerprint density at radius 2 is 1.95 bits per heavy atom. The quantitative estimate of drug-likeness (QED) is 0.853. The molecule has 2 unspecified atom stereocenters. The number of hydrogen-bond acceptors (Lipinski definition) is 3. The van der Waals surface area contributed by atoms with Gasteiger partial charge in [-0.15, -0.1) is 0 Å². The van der Waals surface area contributed by atoms with E-state index < -0.39 is 0 Å². The number of nitrogens with one attached hydrogen (secondary N) is 1. The molecule has 0 saturated heterocycles. The van der Waals surface area contributed by atoms with Crippen molar-refractivity contribution in [3.63, 3.8) is 0 Å². The van der Waals surface area contributed by atoms with Crippen molar-refractivity contribution >= 4 is 5.91 Å². The van der Waals surface area contributed by atoms with Crippen LogP contribution in [0.25, 0.3) is 0 Å². The van der Waals surface area contributed by atoms with Crippen LogP contribution in [0, 0.1) is 11.8 Å². The van der Waals surface area contributed by atoms with Crippen LogP contribution in [0.4, 0.5) is 0 Å². The number of carbonyl (C=O) groups is 1. The fourth-order valence-electron chi connectivity index (χ4n) is 3.99. The van der Waals surface area contributed by atoms with E-state index in [4.69, 9.17) is 5.73 Å². The minimum atomic E-state index is -0.105. The van der Waals surface area contributed by atoms with Crippen LogP contribution in [0.15, 0.2) is 23.1 Å². The van der Waals surface area contributed by atoms with E-state index in [0.717, 1.165) is 25.7 Å². The van der Waals surface area contributed by atoms with Gasteiger partial charge in [0.1, 0.15) is 0 Å². The highest BCUT2D eigenvalue weighted by Gasteiger charge is 2.39. The van der Waals surface area contributed by atoms with Crippen molar-refractivity contribution in [1.82, 2.24) is 9.88 Å². The zero-order valence-electron chi connectivity index (χ0n) is 12.4. The van der Waals surface area contributed by atoms with E-state index in [1.54, 1.807) is 19.3 Å². The fourth-order valence-corrected chi connectivity index (χ4v) is 3.99. The first-order valence-corrected chi connectivity index (χ1v) is 7.77. The normalized spacial score (nSPS) is 31.7. The second kappa shape index (κ2) is 5.64. The number of aromatic nitrogens is 1. The Kier molecular flexibility index (Phi) is 3.85. The van der Waals surface area contributed by atoms with E-state index in [9.17, 15) is 9.59 Å². The number of aryl methyl sites for hydroxylation is 1. The van der Waals surface area contributed by atoms with Crippen LogP contribution in [-0.4, -0.2) is 22.6 Å². The third kappa shape index (κ3) is 2.88. The predicted octanol–water partition coefficient (Wildman–Crippen LogP) is 1.02. The molecule has 2 fully saturated rings. The van der Waals surface area contributed by atoms with Gasteiger partial charge in [-0.25, -0.2) is 0 Å². The molecule has 2 atom stereocenters. The first-order valence-electron chi connectivity index (χ1n) is 7.77. The van der Waals surface area contributed by atoms with E-state index >= 15 is 0 Å². The van der Waals surface area contributed by atoms with Gasteiger partial charge < -0.3 is 15.6 Å². The summed E-state index contributed by atoms with van der Waals surface area (Å²) in [6, 6.07) is 3.56. The number of pyridine rings is 1. The Hall–Kier alpha value is -1.62. The number of nitrogens with zero attached hydrogens (tertiary/aromatic N) is 1. The van der Waals surface area contributed by atoms with Gasteiger partial charge in [-0.05, 0) is 43.6 Å². The number of nitrogens with two attached hydrogens (primary N) is 1. The standard InChI is InChI=1S/C16H23N3O2/c1-19-9-12(5-6-14(19)20)16(21)18-15-10-3-2-4-11(15)8-13(17)7-10/h5-6,9-11,13,15H,2-4,7-8,17H2,1H3,(H,18,21). The van der Waals surface area contributed by atoms with E-state index in [-0.39, 0.29) is 23.6 Å². The highest BCUT2D eigenvalue weighted by molar-refractivity contribution is 5.94. The summed E-state index contributed by atoms with van der Waals surface area (Å²) in [6.07, 6.45) is 7.17. The lowest BCUT2D eigenvalue weighted by molar-refractivity contribution is 0.0755. The lowest BCUT2D eigenvalue weighted by Gasteiger charge is -2.45. The van der Waals surface area contributed by atoms with Crippen LogP contribution in [0.1, 0.15) is 42.5 Å². The molecular formula is C16H23N3O2. The average Bonchev–Trinajstić information content (AvgIpc) is 2.42. The van der Waals surface area contributed by atoms with Crippen LogP contribution in [0.3, 0.4) is 0 Å². The Bertz CT molecular complexity index is 581. The van der Waals surface area contributed by atoms with Crippen LogP contribution in [0.5, 0.6) is 0 Å². The molecule has 1 heterocycles. The molecule has 0 spiro atoms. The van der Waals surface area contributed by atoms with Crippen molar-refractivity contribution in [3.8, 4) is 0 Å². The molecule has 5 heteroatoms. The van der Waals surface area contributed by atoms with Gasteiger partial charge in [0, 0.05) is 31.4 Å². The molecule has 3 rings (SSSR count). The number of amides is 1. The van der Waals surface area contributed by atoms with Gasteiger partial charge in [-0.2, -0.15) is 0 Å². The van der Waals surface area contributed by atoms with Crippen LogP contribution < -0.4 is 16.6 Å². The van der Waals surface area contributed by atoms with E-state index in [2.05, 4.69) is 5.32 Å². The van der Waals surface area contributed by atoms with Crippen LogP contribution in [-0.2, 0) is 7.05 Å². The third-order valence-corrected chi connectivity index (χ3v) is 5.02. The molecule has 2 aliphatic rings. The first-order chi connectivity index (χ1) is 10.0. The van der Waals surface area contributed by atoms with Crippen molar-refractivity contribution in [2.75, 3.05) is 0 Å².